The van der Waals surface area contributed by atoms with Crippen LogP contribution in [0.1, 0.15) is 18.4 Å². The van der Waals surface area contributed by atoms with E-state index in [0.29, 0.717) is 19.6 Å². The Labute approximate surface area is 105 Å². The quantitative estimate of drug-likeness (QED) is 0.883. The Morgan fingerprint density at radius 3 is 2.11 bits per heavy atom. The number of rotatable bonds is 2. The molecule has 0 amide bonds. The third kappa shape index (κ3) is 2.96. The van der Waals surface area contributed by atoms with E-state index in [1.165, 1.54) is 0 Å². The first-order valence-corrected chi connectivity index (χ1v) is 6.11. The van der Waals surface area contributed by atoms with E-state index in [1.54, 1.807) is 0 Å². The molecular formula is C13H17F3N2. The van der Waals surface area contributed by atoms with Crippen molar-refractivity contribution in [3.8, 4) is 0 Å². The zero-order valence-corrected chi connectivity index (χ0v) is 10.1. The summed E-state index contributed by atoms with van der Waals surface area (Å²) < 4.78 is 37.6. The summed E-state index contributed by atoms with van der Waals surface area (Å²) in [5.41, 5.74) is 7.52. The molecule has 2 rings (SSSR count). The van der Waals surface area contributed by atoms with Gasteiger partial charge in [-0.2, -0.15) is 13.2 Å². The summed E-state index contributed by atoms with van der Waals surface area (Å²) in [5.74, 6) is -1.14. The topological polar surface area (TPSA) is 29.3 Å². The SMILES string of the molecule is NCc1ccc(N2CCC(C(F)(F)F)CC2)cc1. The number of anilines is 1. The van der Waals surface area contributed by atoms with Crippen LogP contribution in [0.4, 0.5) is 18.9 Å². The van der Waals surface area contributed by atoms with Gasteiger partial charge in [0.1, 0.15) is 0 Å². The van der Waals surface area contributed by atoms with E-state index in [9.17, 15) is 13.2 Å². The monoisotopic (exact) mass is 258 g/mol. The van der Waals surface area contributed by atoms with Crippen molar-refractivity contribution in [2.75, 3.05) is 18.0 Å². The highest BCUT2D eigenvalue weighted by molar-refractivity contribution is 5.47. The summed E-state index contributed by atoms with van der Waals surface area (Å²) in [5, 5.41) is 0. The van der Waals surface area contributed by atoms with Crippen LogP contribution in [0.15, 0.2) is 24.3 Å². The molecule has 1 aliphatic heterocycles. The number of alkyl halides is 3. The van der Waals surface area contributed by atoms with E-state index in [0.717, 1.165) is 11.3 Å². The van der Waals surface area contributed by atoms with Crippen LogP contribution in [0.5, 0.6) is 0 Å². The van der Waals surface area contributed by atoms with Gasteiger partial charge in [-0.15, -0.1) is 0 Å². The fraction of sp³-hybridized carbons (Fsp3) is 0.538. The predicted molar refractivity (Wildman–Crippen MR) is 65.3 cm³/mol. The van der Waals surface area contributed by atoms with Crippen LogP contribution in [0.3, 0.4) is 0 Å². The highest BCUT2D eigenvalue weighted by atomic mass is 19.4. The lowest BCUT2D eigenvalue weighted by Crippen LogP contribution is -2.38. The van der Waals surface area contributed by atoms with Crippen LogP contribution in [0.2, 0.25) is 0 Å². The highest BCUT2D eigenvalue weighted by Crippen LogP contribution is 2.35. The van der Waals surface area contributed by atoms with Crippen LogP contribution in [-0.4, -0.2) is 19.3 Å². The molecule has 0 saturated carbocycles. The number of nitrogens with zero attached hydrogens (tertiary/aromatic N) is 1. The Hall–Kier alpha value is -1.23. The third-order valence-electron chi connectivity index (χ3n) is 3.50. The molecule has 1 aromatic carbocycles. The molecule has 0 unspecified atom stereocenters. The first-order valence-electron chi connectivity index (χ1n) is 6.11. The summed E-state index contributed by atoms with van der Waals surface area (Å²) in [6.45, 7) is 1.41. The van der Waals surface area contributed by atoms with E-state index >= 15 is 0 Å². The molecule has 1 aromatic rings. The van der Waals surface area contributed by atoms with Gasteiger partial charge in [0.2, 0.25) is 0 Å². The predicted octanol–water partition coefficient (Wildman–Crippen LogP) is 2.92. The van der Waals surface area contributed by atoms with Crippen LogP contribution in [-0.2, 0) is 6.54 Å². The molecule has 2 N–H and O–H groups in total. The Morgan fingerprint density at radius 1 is 1.11 bits per heavy atom. The minimum absolute atomic E-state index is 0.183. The number of benzene rings is 1. The lowest BCUT2D eigenvalue weighted by Gasteiger charge is -2.34. The first-order chi connectivity index (χ1) is 8.50. The second-order valence-electron chi connectivity index (χ2n) is 4.67. The minimum atomic E-state index is -4.05. The maximum atomic E-state index is 12.5. The molecule has 1 aliphatic rings. The number of hydrogen-bond donors (Lipinski definition) is 1. The molecule has 0 radical (unpaired) electrons. The average molecular weight is 258 g/mol. The van der Waals surface area contributed by atoms with Gasteiger partial charge >= 0.3 is 6.18 Å². The van der Waals surface area contributed by atoms with E-state index in [1.807, 2.05) is 29.2 Å². The number of halogens is 3. The average Bonchev–Trinajstić information content (AvgIpc) is 2.38. The highest BCUT2D eigenvalue weighted by Gasteiger charge is 2.41. The van der Waals surface area contributed by atoms with Crippen LogP contribution in [0.25, 0.3) is 0 Å². The van der Waals surface area contributed by atoms with E-state index in [4.69, 9.17) is 5.73 Å². The molecule has 5 heteroatoms. The molecule has 0 spiro atoms. The zero-order chi connectivity index (χ0) is 13.2. The molecular weight excluding hydrogens is 241 g/mol. The first kappa shape index (κ1) is 13.2. The molecule has 0 bridgehead atoms. The summed E-state index contributed by atoms with van der Waals surface area (Å²) in [4.78, 5) is 2.00. The minimum Gasteiger partial charge on any atom is -0.372 e. The lowest BCUT2D eigenvalue weighted by atomic mass is 9.96. The van der Waals surface area contributed by atoms with Gasteiger partial charge in [0.25, 0.3) is 0 Å². The Bertz CT molecular complexity index is 378. The molecule has 1 saturated heterocycles. The summed E-state index contributed by atoms with van der Waals surface area (Å²) >= 11 is 0. The molecule has 0 aromatic heterocycles. The molecule has 18 heavy (non-hydrogen) atoms. The van der Waals surface area contributed by atoms with Crippen molar-refractivity contribution in [2.45, 2.75) is 25.6 Å². The van der Waals surface area contributed by atoms with E-state index < -0.39 is 12.1 Å². The van der Waals surface area contributed by atoms with Gasteiger partial charge in [-0.25, -0.2) is 0 Å². The van der Waals surface area contributed by atoms with E-state index in [-0.39, 0.29) is 12.8 Å². The fourth-order valence-corrected chi connectivity index (χ4v) is 2.31. The molecule has 2 nitrogen and oxygen atoms in total. The fourth-order valence-electron chi connectivity index (χ4n) is 2.31. The maximum absolute atomic E-state index is 12.5. The third-order valence-corrected chi connectivity index (χ3v) is 3.50. The van der Waals surface area contributed by atoms with Gasteiger partial charge in [-0.3, -0.25) is 0 Å². The number of piperidine rings is 1. The van der Waals surface area contributed by atoms with Gasteiger partial charge in [-0.05, 0) is 30.5 Å². The molecule has 100 valence electrons. The van der Waals surface area contributed by atoms with Crippen molar-refractivity contribution in [2.24, 2.45) is 11.7 Å². The number of hydrogen-bond acceptors (Lipinski definition) is 2. The summed E-state index contributed by atoms with van der Waals surface area (Å²) in [7, 11) is 0. The van der Waals surface area contributed by atoms with Crippen molar-refractivity contribution in [3.05, 3.63) is 29.8 Å². The van der Waals surface area contributed by atoms with Gasteiger partial charge < -0.3 is 10.6 Å². The van der Waals surface area contributed by atoms with Crippen molar-refractivity contribution in [1.29, 1.82) is 0 Å². The van der Waals surface area contributed by atoms with Crippen LogP contribution >= 0.6 is 0 Å². The van der Waals surface area contributed by atoms with Crippen molar-refractivity contribution < 1.29 is 13.2 Å². The number of nitrogens with two attached hydrogens (primary N) is 1. The van der Waals surface area contributed by atoms with Crippen molar-refractivity contribution >= 4 is 5.69 Å². The largest absolute Gasteiger partial charge is 0.391 e. The molecule has 1 fully saturated rings. The Morgan fingerprint density at radius 2 is 1.67 bits per heavy atom. The van der Waals surface area contributed by atoms with Gasteiger partial charge in [0.05, 0.1) is 5.92 Å². The van der Waals surface area contributed by atoms with E-state index in [2.05, 4.69) is 0 Å². The summed E-state index contributed by atoms with van der Waals surface area (Å²) in [6.07, 6.45) is -3.68. The molecule has 1 heterocycles. The normalized spacial score (nSPS) is 18.1. The second-order valence-corrected chi connectivity index (χ2v) is 4.67. The van der Waals surface area contributed by atoms with Crippen LogP contribution in [0, 0.1) is 5.92 Å². The smallest absolute Gasteiger partial charge is 0.372 e. The Balaban J connectivity index is 1.96. The van der Waals surface area contributed by atoms with Crippen molar-refractivity contribution in [3.63, 3.8) is 0 Å². The second kappa shape index (κ2) is 5.18. The lowest BCUT2D eigenvalue weighted by molar-refractivity contribution is -0.179. The van der Waals surface area contributed by atoms with Crippen LogP contribution < -0.4 is 10.6 Å². The van der Waals surface area contributed by atoms with Gasteiger partial charge in [0, 0.05) is 25.3 Å². The van der Waals surface area contributed by atoms with Gasteiger partial charge in [-0.1, -0.05) is 12.1 Å². The van der Waals surface area contributed by atoms with Crippen molar-refractivity contribution in [1.82, 2.24) is 0 Å². The maximum Gasteiger partial charge on any atom is 0.391 e. The Kier molecular flexibility index (Phi) is 3.80. The molecule has 0 aliphatic carbocycles. The van der Waals surface area contributed by atoms with Gasteiger partial charge in [0.15, 0.2) is 0 Å². The standard InChI is InChI=1S/C13H17F3N2/c14-13(15,16)11-5-7-18(8-6-11)12-3-1-10(9-17)2-4-12/h1-4,11H,5-9,17H2. The zero-order valence-electron chi connectivity index (χ0n) is 10.1. The molecule has 0 atom stereocenters. The summed E-state index contributed by atoms with van der Waals surface area (Å²) in [6, 6.07) is 7.70.